The largest absolute Gasteiger partial charge is 0.480 e. The van der Waals surface area contributed by atoms with Gasteiger partial charge < -0.3 is 10.8 Å². The van der Waals surface area contributed by atoms with E-state index >= 15 is 0 Å². The first kappa shape index (κ1) is 9.69. The maximum Gasteiger partial charge on any atom is 0.324 e. The minimum absolute atomic E-state index is 0.299. The van der Waals surface area contributed by atoms with Gasteiger partial charge in [-0.05, 0) is 23.3 Å². The smallest absolute Gasteiger partial charge is 0.324 e. The minimum Gasteiger partial charge on any atom is -0.480 e. The Labute approximate surface area is 86.9 Å². The molecule has 2 rings (SSSR count). The van der Waals surface area contributed by atoms with Crippen molar-refractivity contribution in [1.82, 2.24) is 0 Å². The number of hydrogen-bond acceptors (Lipinski definition) is 3. The molecule has 0 heterocycles. The Hall–Kier alpha value is -1.86. The number of nitrogens with two attached hydrogens (primary N) is 1. The van der Waals surface area contributed by atoms with E-state index in [4.69, 9.17) is 16.1 Å². The van der Waals surface area contributed by atoms with E-state index in [1.807, 2.05) is 6.07 Å². The summed E-state index contributed by atoms with van der Waals surface area (Å²) in [6, 6.07) is 7.21. The van der Waals surface area contributed by atoms with Gasteiger partial charge in [0, 0.05) is 12.8 Å². The van der Waals surface area contributed by atoms with Gasteiger partial charge in [-0.2, -0.15) is 5.26 Å². The molecule has 1 unspecified atom stereocenters. The number of carboxylic acid groups (broad SMARTS) is 1. The molecule has 3 N–H and O–H groups in total. The van der Waals surface area contributed by atoms with Gasteiger partial charge in [0.25, 0.3) is 0 Å². The molecule has 76 valence electrons. The first-order valence-corrected chi connectivity index (χ1v) is 4.59. The van der Waals surface area contributed by atoms with E-state index < -0.39 is 11.5 Å². The van der Waals surface area contributed by atoms with Gasteiger partial charge >= 0.3 is 5.97 Å². The summed E-state index contributed by atoms with van der Waals surface area (Å²) < 4.78 is 0. The fourth-order valence-corrected chi connectivity index (χ4v) is 1.93. The topological polar surface area (TPSA) is 87.1 Å². The van der Waals surface area contributed by atoms with Gasteiger partial charge in [-0.1, -0.05) is 6.07 Å². The first-order chi connectivity index (χ1) is 7.05. The van der Waals surface area contributed by atoms with Crippen molar-refractivity contribution in [3.05, 3.63) is 34.9 Å². The maximum atomic E-state index is 11.0. The third-order valence-corrected chi connectivity index (χ3v) is 2.77. The average Bonchev–Trinajstić information content (AvgIpc) is 2.54. The van der Waals surface area contributed by atoms with Crippen LogP contribution in [-0.4, -0.2) is 16.6 Å². The number of fused-ring (bicyclic) bond motifs is 1. The minimum atomic E-state index is -1.20. The molecule has 0 radical (unpaired) electrons. The molecule has 1 aliphatic carbocycles. The number of carboxylic acids is 1. The van der Waals surface area contributed by atoms with E-state index in [0.29, 0.717) is 18.4 Å². The molecule has 0 aromatic heterocycles. The molecular formula is C11H10N2O2. The molecule has 4 heteroatoms. The SMILES string of the molecule is N#Cc1ccc2c(c1)CC(N)(C(=O)O)C2. The van der Waals surface area contributed by atoms with Crippen molar-refractivity contribution in [3.8, 4) is 6.07 Å². The van der Waals surface area contributed by atoms with Gasteiger partial charge in [0.1, 0.15) is 5.54 Å². The number of aliphatic carboxylic acids is 1. The molecule has 0 saturated carbocycles. The summed E-state index contributed by atoms with van der Waals surface area (Å²) in [7, 11) is 0. The number of benzene rings is 1. The standard InChI is InChI=1S/C11H10N2O2/c12-6-7-1-2-8-4-11(13,10(14)15)5-9(8)3-7/h1-3H,4-5,13H2,(H,14,15). The quantitative estimate of drug-likeness (QED) is 0.691. The molecule has 1 aromatic rings. The molecule has 0 fully saturated rings. The second-order valence-electron chi connectivity index (χ2n) is 3.91. The molecular weight excluding hydrogens is 192 g/mol. The van der Waals surface area contributed by atoms with Crippen molar-refractivity contribution in [2.24, 2.45) is 5.73 Å². The number of carbonyl (C=O) groups is 1. The van der Waals surface area contributed by atoms with E-state index in [-0.39, 0.29) is 0 Å². The molecule has 0 saturated heterocycles. The van der Waals surface area contributed by atoms with Crippen molar-refractivity contribution >= 4 is 5.97 Å². The molecule has 15 heavy (non-hydrogen) atoms. The summed E-state index contributed by atoms with van der Waals surface area (Å²) in [4.78, 5) is 11.0. The molecule has 4 nitrogen and oxygen atoms in total. The van der Waals surface area contributed by atoms with Crippen LogP contribution in [0, 0.1) is 11.3 Å². The molecule has 1 atom stereocenters. The van der Waals surface area contributed by atoms with E-state index in [9.17, 15) is 4.79 Å². The molecule has 0 aliphatic heterocycles. The Bertz CT molecular complexity index is 476. The van der Waals surface area contributed by atoms with Gasteiger partial charge in [0.15, 0.2) is 0 Å². The lowest BCUT2D eigenvalue weighted by molar-refractivity contribution is -0.142. The summed E-state index contributed by atoms with van der Waals surface area (Å²) in [6.07, 6.45) is 0.635. The van der Waals surface area contributed by atoms with Gasteiger partial charge in [-0.3, -0.25) is 4.79 Å². The van der Waals surface area contributed by atoms with Crippen molar-refractivity contribution in [2.75, 3.05) is 0 Å². The average molecular weight is 202 g/mol. The highest BCUT2D eigenvalue weighted by Crippen LogP contribution is 2.29. The van der Waals surface area contributed by atoms with E-state index in [1.54, 1.807) is 18.2 Å². The molecule has 0 amide bonds. The predicted molar refractivity (Wildman–Crippen MR) is 53.1 cm³/mol. The number of hydrogen-bond donors (Lipinski definition) is 2. The van der Waals surface area contributed by atoms with Crippen LogP contribution in [0.5, 0.6) is 0 Å². The Morgan fingerprint density at radius 2 is 2.13 bits per heavy atom. The van der Waals surface area contributed by atoms with Crippen molar-refractivity contribution in [1.29, 1.82) is 5.26 Å². The number of rotatable bonds is 1. The van der Waals surface area contributed by atoms with Crippen LogP contribution >= 0.6 is 0 Å². The van der Waals surface area contributed by atoms with Crippen LogP contribution in [0.3, 0.4) is 0 Å². The second kappa shape index (κ2) is 3.07. The molecule has 0 spiro atoms. The fourth-order valence-electron chi connectivity index (χ4n) is 1.93. The Balaban J connectivity index is 2.40. The zero-order chi connectivity index (χ0) is 11.1. The summed E-state index contributed by atoms with van der Waals surface area (Å²) in [5.41, 5.74) is 6.91. The zero-order valence-electron chi connectivity index (χ0n) is 8.03. The van der Waals surface area contributed by atoms with Gasteiger partial charge in [0.05, 0.1) is 11.6 Å². The van der Waals surface area contributed by atoms with Crippen molar-refractivity contribution < 1.29 is 9.90 Å². The van der Waals surface area contributed by atoms with Gasteiger partial charge in [0.2, 0.25) is 0 Å². The van der Waals surface area contributed by atoms with Crippen LogP contribution < -0.4 is 5.73 Å². The van der Waals surface area contributed by atoms with Crippen LogP contribution in [-0.2, 0) is 17.6 Å². The molecule has 1 aliphatic rings. The van der Waals surface area contributed by atoms with E-state index in [0.717, 1.165) is 11.1 Å². The van der Waals surface area contributed by atoms with E-state index in [2.05, 4.69) is 0 Å². The Kier molecular flexibility index (Phi) is 1.98. The summed E-state index contributed by atoms with van der Waals surface area (Å²) >= 11 is 0. The van der Waals surface area contributed by atoms with Crippen molar-refractivity contribution in [3.63, 3.8) is 0 Å². The third-order valence-electron chi connectivity index (χ3n) is 2.77. The summed E-state index contributed by atoms with van der Waals surface area (Å²) in [6.45, 7) is 0. The summed E-state index contributed by atoms with van der Waals surface area (Å²) in [5.74, 6) is -0.989. The van der Waals surface area contributed by atoms with Crippen LogP contribution in [0.4, 0.5) is 0 Å². The third kappa shape index (κ3) is 1.47. The van der Waals surface area contributed by atoms with Crippen LogP contribution in [0.25, 0.3) is 0 Å². The number of nitrogens with zero attached hydrogens (tertiary/aromatic N) is 1. The highest BCUT2D eigenvalue weighted by Gasteiger charge is 2.40. The van der Waals surface area contributed by atoms with E-state index in [1.165, 1.54) is 0 Å². The molecule has 1 aromatic carbocycles. The lowest BCUT2D eigenvalue weighted by Crippen LogP contribution is -2.48. The van der Waals surface area contributed by atoms with Gasteiger partial charge in [-0.15, -0.1) is 0 Å². The van der Waals surface area contributed by atoms with Crippen LogP contribution in [0.15, 0.2) is 18.2 Å². The fraction of sp³-hybridized carbons (Fsp3) is 0.273. The predicted octanol–water partition coefficient (Wildman–Crippen LogP) is 0.439. The lowest BCUT2D eigenvalue weighted by atomic mass is 9.98. The maximum absolute atomic E-state index is 11.0. The monoisotopic (exact) mass is 202 g/mol. The van der Waals surface area contributed by atoms with Crippen LogP contribution in [0.2, 0.25) is 0 Å². The van der Waals surface area contributed by atoms with Crippen LogP contribution in [0.1, 0.15) is 16.7 Å². The van der Waals surface area contributed by atoms with Gasteiger partial charge in [-0.25, -0.2) is 0 Å². The zero-order valence-corrected chi connectivity index (χ0v) is 8.03. The Morgan fingerprint density at radius 1 is 1.47 bits per heavy atom. The lowest BCUT2D eigenvalue weighted by Gasteiger charge is -2.16. The first-order valence-electron chi connectivity index (χ1n) is 4.59. The highest BCUT2D eigenvalue weighted by atomic mass is 16.4. The Morgan fingerprint density at radius 3 is 2.73 bits per heavy atom. The molecule has 0 bridgehead atoms. The normalized spacial score (nSPS) is 23.2. The highest BCUT2D eigenvalue weighted by molar-refractivity contribution is 5.81. The second-order valence-corrected chi connectivity index (χ2v) is 3.91. The number of nitriles is 1. The summed E-state index contributed by atoms with van der Waals surface area (Å²) in [5, 5.41) is 17.7. The van der Waals surface area contributed by atoms with Crippen molar-refractivity contribution in [2.45, 2.75) is 18.4 Å².